The monoisotopic (exact) mass is 340 g/mol. The molecule has 1 aliphatic carbocycles. The van der Waals surface area contributed by atoms with E-state index in [9.17, 15) is 9.59 Å². The molecule has 0 amide bonds. The Bertz CT molecular complexity index is 706. The van der Waals surface area contributed by atoms with Crippen LogP contribution in [0.5, 0.6) is 0 Å². The number of rotatable bonds is 5. The van der Waals surface area contributed by atoms with Crippen LogP contribution in [-0.4, -0.2) is 11.6 Å². The molecule has 1 fully saturated rings. The smallest absolute Gasteiger partial charge is 0.163 e. The highest BCUT2D eigenvalue weighted by Crippen LogP contribution is 2.37. The first-order valence-corrected chi connectivity index (χ1v) is 8.89. The molecule has 24 heavy (non-hydrogen) atoms. The minimum absolute atomic E-state index is 0.0396. The molecule has 2 aromatic rings. The first-order valence-electron chi connectivity index (χ1n) is 8.51. The van der Waals surface area contributed by atoms with Gasteiger partial charge in [-0.1, -0.05) is 48.4 Å². The van der Waals surface area contributed by atoms with Crippen molar-refractivity contribution >= 4 is 23.2 Å². The molecule has 2 atom stereocenters. The Hall–Kier alpha value is -1.93. The molecule has 0 heterocycles. The molecule has 0 bridgehead atoms. The summed E-state index contributed by atoms with van der Waals surface area (Å²) in [6.07, 6.45) is 3.92. The fourth-order valence-electron chi connectivity index (χ4n) is 3.58. The molecular formula is C21H21ClO2. The lowest BCUT2D eigenvalue weighted by atomic mass is 9.73. The van der Waals surface area contributed by atoms with Gasteiger partial charge in [0.05, 0.1) is 0 Å². The summed E-state index contributed by atoms with van der Waals surface area (Å²) in [5.74, 6) is 0.289. The molecule has 0 aromatic heterocycles. The topological polar surface area (TPSA) is 34.1 Å². The third-order valence-corrected chi connectivity index (χ3v) is 5.14. The van der Waals surface area contributed by atoms with Gasteiger partial charge in [0.1, 0.15) is 5.78 Å². The second-order valence-electron chi connectivity index (χ2n) is 6.47. The van der Waals surface area contributed by atoms with Crippen LogP contribution in [0.1, 0.15) is 53.9 Å². The normalized spacial score (nSPS) is 19.0. The van der Waals surface area contributed by atoms with E-state index in [1.807, 2.05) is 30.3 Å². The fraction of sp³-hybridized carbons (Fsp3) is 0.333. The third kappa shape index (κ3) is 3.93. The zero-order valence-corrected chi connectivity index (χ0v) is 14.3. The summed E-state index contributed by atoms with van der Waals surface area (Å²) in [6, 6.07) is 17.0. The number of benzene rings is 2. The number of carbonyl (C=O) groups excluding carboxylic acids is 2. The van der Waals surface area contributed by atoms with Gasteiger partial charge in [-0.05, 0) is 42.7 Å². The molecule has 0 N–H and O–H groups in total. The Morgan fingerprint density at radius 2 is 1.75 bits per heavy atom. The van der Waals surface area contributed by atoms with E-state index >= 15 is 0 Å². The summed E-state index contributed by atoms with van der Waals surface area (Å²) >= 11 is 5.90. The van der Waals surface area contributed by atoms with Gasteiger partial charge < -0.3 is 0 Å². The Kier molecular flexibility index (Phi) is 5.47. The maximum Gasteiger partial charge on any atom is 0.163 e. The van der Waals surface area contributed by atoms with E-state index in [-0.39, 0.29) is 17.6 Å². The summed E-state index contributed by atoms with van der Waals surface area (Å²) in [5.41, 5.74) is 1.74. The standard InChI is InChI=1S/C21H21ClO2/c22-17-12-10-16(11-13-17)21(24)14-19(15-6-2-1-3-7-15)18-8-4-5-9-20(18)23/h1-3,6-7,10-13,18-19H,4-5,8-9,14H2/t18-,19-/m0/s1. The number of halogens is 1. The van der Waals surface area contributed by atoms with Crippen LogP contribution in [0.4, 0.5) is 0 Å². The predicted octanol–water partition coefficient (Wildman–Crippen LogP) is 5.46. The van der Waals surface area contributed by atoms with Crippen molar-refractivity contribution in [3.63, 3.8) is 0 Å². The number of carbonyl (C=O) groups is 2. The minimum Gasteiger partial charge on any atom is -0.299 e. The zero-order valence-electron chi connectivity index (χ0n) is 13.6. The van der Waals surface area contributed by atoms with E-state index in [4.69, 9.17) is 11.6 Å². The SMILES string of the molecule is O=C(C[C@@H](c1ccccc1)[C@@H]1CCCCC1=O)c1ccc(Cl)cc1. The van der Waals surface area contributed by atoms with Gasteiger partial charge in [-0.2, -0.15) is 0 Å². The highest BCUT2D eigenvalue weighted by atomic mass is 35.5. The highest BCUT2D eigenvalue weighted by Gasteiger charge is 2.32. The van der Waals surface area contributed by atoms with E-state index in [2.05, 4.69) is 0 Å². The molecule has 0 radical (unpaired) electrons. The van der Waals surface area contributed by atoms with Crippen molar-refractivity contribution in [2.24, 2.45) is 5.92 Å². The summed E-state index contributed by atoms with van der Waals surface area (Å²) < 4.78 is 0. The molecular weight excluding hydrogens is 320 g/mol. The van der Waals surface area contributed by atoms with E-state index < -0.39 is 0 Å². The summed E-state index contributed by atoms with van der Waals surface area (Å²) in [4.78, 5) is 25.2. The van der Waals surface area contributed by atoms with Gasteiger partial charge in [-0.3, -0.25) is 9.59 Å². The van der Waals surface area contributed by atoms with Gasteiger partial charge >= 0.3 is 0 Å². The molecule has 2 nitrogen and oxygen atoms in total. The minimum atomic E-state index is -0.0441. The average Bonchev–Trinajstić information content (AvgIpc) is 2.61. The van der Waals surface area contributed by atoms with Crippen molar-refractivity contribution in [3.05, 3.63) is 70.7 Å². The highest BCUT2D eigenvalue weighted by molar-refractivity contribution is 6.30. The Morgan fingerprint density at radius 3 is 2.42 bits per heavy atom. The third-order valence-electron chi connectivity index (χ3n) is 4.89. The van der Waals surface area contributed by atoms with E-state index in [0.717, 1.165) is 24.8 Å². The number of Topliss-reactive ketones (excluding diaryl/α,β-unsaturated/α-hetero) is 2. The van der Waals surface area contributed by atoms with Crippen molar-refractivity contribution in [2.75, 3.05) is 0 Å². The Morgan fingerprint density at radius 1 is 1.04 bits per heavy atom. The molecule has 0 unspecified atom stereocenters. The van der Waals surface area contributed by atoms with Crippen LogP contribution >= 0.6 is 11.6 Å². The first-order chi connectivity index (χ1) is 11.6. The molecule has 0 saturated heterocycles. The molecule has 1 aliphatic rings. The lowest BCUT2D eigenvalue weighted by Gasteiger charge is -2.29. The van der Waals surface area contributed by atoms with Crippen LogP contribution in [0, 0.1) is 5.92 Å². The van der Waals surface area contributed by atoms with E-state index in [1.54, 1.807) is 24.3 Å². The maximum atomic E-state index is 12.7. The van der Waals surface area contributed by atoms with Crippen LogP contribution < -0.4 is 0 Å². The van der Waals surface area contributed by atoms with Crippen LogP contribution in [0.15, 0.2) is 54.6 Å². The van der Waals surface area contributed by atoms with Gasteiger partial charge in [-0.15, -0.1) is 0 Å². The van der Waals surface area contributed by atoms with Gasteiger partial charge in [0, 0.05) is 35.3 Å². The Balaban J connectivity index is 1.85. The summed E-state index contributed by atoms with van der Waals surface area (Å²) in [6.45, 7) is 0. The molecule has 3 rings (SSSR count). The van der Waals surface area contributed by atoms with Crippen LogP contribution in [0.2, 0.25) is 5.02 Å². The molecule has 124 valence electrons. The second kappa shape index (κ2) is 7.76. The number of ketones is 2. The molecule has 2 aromatic carbocycles. The summed E-state index contributed by atoms with van der Waals surface area (Å²) in [7, 11) is 0. The molecule has 0 aliphatic heterocycles. The van der Waals surface area contributed by atoms with Crippen molar-refractivity contribution < 1.29 is 9.59 Å². The van der Waals surface area contributed by atoms with Gasteiger partial charge in [-0.25, -0.2) is 0 Å². The van der Waals surface area contributed by atoms with Gasteiger partial charge in [0.25, 0.3) is 0 Å². The number of hydrogen-bond acceptors (Lipinski definition) is 2. The molecule has 1 saturated carbocycles. The van der Waals surface area contributed by atoms with Gasteiger partial charge in [0.2, 0.25) is 0 Å². The summed E-state index contributed by atoms with van der Waals surface area (Å²) in [5, 5.41) is 0.619. The van der Waals surface area contributed by atoms with E-state index in [1.165, 1.54) is 0 Å². The van der Waals surface area contributed by atoms with Crippen molar-refractivity contribution in [1.29, 1.82) is 0 Å². The lowest BCUT2D eigenvalue weighted by molar-refractivity contribution is -0.125. The quantitative estimate of drug-likeness (QED) is 0.677. The number of hydrogen-bond donors (Lipinski definition) is 0. The molecule has 0 spiro atoms. The van der Waals surface area contributed by atoms with Crippen LogP contribution in [0.25, 0.3) is 0 Å². The lowest BCUT2D eigenvalue weighted by Crippen LogP contribution is -2.27. The fourth-order valence-corrected chi connectivity index (χ4v) is 3.71. The van der Waals surface area contributed by atoms with E-state index in [0.29, 0.717) is 29.2 Å². The molecule has 3 heteroatoms. The Labute approximate surface area is 147 Å². The zero-order chi connectivity index (χ0) is 16.9. The van der Waals surface area contributed by atoms with Crippen molar-refractivity contribution in [1.82, 2.24) is 0 Å². The van der Waals surface area contributed by atoms with Crippen LogP contribution in [-0.2, 0) is 4.79 Å². The van der Waals surface area contributed by atoms with Crippen molar-refractivity contribution in [2.45, 2.75) is 38.0 Å². The van der Waals surface area contributed by atoms with Crippen LogP contribution in [0.3, 0.4) is 0 Å². The predicted molar refractivity (Wildman–Crippen MR) is 96.5 cm³/mol. The second-order valence-corrected chi connectivity index (χ2v) is 6.91. The largest absolute Gasteiger partial charge is 0.299 e. The first kappa shape index (κ1) is 16.9. The van der Waals surface area contributed by atoms with Gasteiger partial charge in [0.15, 0.2) is 5.78 Å². The van der Waals surface area contributed by atoms with Crippen molar-refractivity contribution in [3.8, 4) is 0 Å². The average molecular weight is 341 g/mol. The maximum absolute atomic E-state index is 12.7.